The van der Waals surface area contributed by atoms with Crippen LogP contribution < -0.4 is 0 Å². The van der Waals surface area contributed by atoms with Crippen LogP contribution in [-0.2, 0) is 10.9 Å². The Balaban J connectivity index is 0. The van der Waals surface area contributed by atoms with E-state index in [1.54, 1.807) is 18.5 Å². The van der Waals surface area contributed by atoms with Crippen LogP contribution in [0.25, 0.3) is 0 Å². The molecule has 0 unspecified atom stereocenters. The SMILES string of the molecule is CCCCP(CCCC)CCCC.[Cl][Co]([Cl])[Cl]. The van der Waals surface area contributed by atoms with Gasteiger partial charge < -0.3 is 0 Å². The maximum absolute atomic E-state index is 4.87. The van der Waals surface area contributed by atoms with Gasteiger partial charge in [0.1, 0.15) is 0 Å². The standard InChI is InChI=1S/C12H27P.3ClH.Co/c1-4-7-10-13(11-8-5-2)12-9-6-3;;;;/h4-12H2,1-3H3;3*1H;/q;;;;+3/p-3. The Hall–Kier alpha value is 1.81. The van der Waals surface area contributed by atoms with Crippen LogP contribution in [0.4, 0.5) is 0 Å². The quantitative estimate of drug-likeness (QED) is 0.387. The monoisotopic (exact) mass is 366 g/mol. The average Bonchev–Trinajstić information content (AvgIpc) is 2.27. The fourth-order valence-corrected chi connectivity index (χ4v) is 4.44. The van der Waals surface area contributed by atoms with Crippen LogP contribution >= 0.6 is 38.4 Å². The van der Waals surface area contributed by atoms with E-state index in [-0.39, 0.29) is 0 Å². The summed E-state index contributed by atoms with van der Waals surface area (Å²) >= 11 is 0. The van der Waals surface area contributed by atoms with Gasteiger partial charge in [-0.05, 0) is 37.7 Å². The molecule has 0 radical (unpaired) electrons. The van der Waals surface area contributed by atoms with Crippen LogP contribution in [0, 0.1) is 0 Å². The average molecular weight is 368 g/mol. The van der Waals surface area contributed by atoms with Gasteiger partial charge >= 0.3 is 41.4 Å². The molecule has 0 rings (SSSR count). The van der Waals surface area contributed by atoms with Gasteiger partial charge in [0.15, 0.2) is 0 Å². The number of rotatable bonds is 9. The predicted molar refractivity (Wildman–Crippen MR) is 83.8 cm³/mol. The third kappa shape index (κ3) is 23.3. The van der Waals surface area contributed by atoms with E-state index in [4.69, 9.17) is 30.4 Å². The maximum atomic E-state index is 4.87. The first-order valence-electron chi connectivity index (χ1n) is 6.45. The predicted octanol–water partition coefficient (Wildman–Crippen LogP) is 6.93. The molecule has 110 valence electrons. The zero-order valence-electron chi connectivity index (χ0n) is 11.3. The van der Waals surface area contributed by atoms with Crippen LogP contribution in [-0.4, -0.2) is 18.5 Å². The summed E-state index contributed by atoms with van der Waals surface area (Å²) in [6.07, 6.45) is 13.2. The summed E-state index contributed by atoms with van der Waals surface area (Å²) in [6.45, 7) is 6.94. The normalized spacial score (nSPS) is 11.1. The van der Waals surface area contributed by atoms with E-state index in [2.05, 4.69) is 20.8 Å². The molecule has 17 heavy (non-hydrogen) atoms. The summed E-state index contributed by atoms with van der Waals surface area (Å²) in [5, 5.41) is 0. The molecule has 0 aromatic rings. The van der Waals surface area contributed by atoms with Crippen molar-refractivity contribution in [1.29, 1.82) is 0 Å². The van der Waals surface area contributed by atoms with Crippen molar-refractivity contribution in [3.63, 3.8) is 0 Å². The van der Waals surface area contributed by atoms with Gasteiger partial charge in [0.05, 0.1) is 0 Å². The zero-order chi connectivity index (χ0) is 13.5. The molecule has 0 heterocycles. The van der Waals surface area contributed by atoms with Crippen molar-refractivity contribution in [2.24, 2.45) is 0 Å². The molecule has 0 nitrogen and oxygen atoms in total. The Labute approximate surface area is 126 Å². The van der Waals surface area contributed by atoms with E-state index in [1.807, 2.05) is 0 Å². The van der Waals surface area contributed by atoms with E-state index in [0.717, 1.165) is 0 Å². The number of hydrogen-bond acceptors (Lipinski definition) is 0. The Bertz CT molecular complexity index is 115. The Kier molecular flexibility index (Phi) is 22.1. The van der Waals surface area contributed by atoms with E-state index in [9.17, 15) is 0 Å². The Morgan fingerprint density at radius 1 is 0.706 bits per heavy atom. The van der Waals surface area contributed by atoms with Crippen molar-refractivity contribution < 1.29 is 10.9 Å². The molecule has 5 heteroatoms. The van der Waals surface area contributed by atoms with Crippen molar-refractivity contribution in [1.82, 2.24) is 0 Å². The van der Waals surface area contributed by atoms with Gasteiger partial charge in [0.25, 0.3) is 0 Å². The molecule has 0 aromatic heterocycles. The minimum absolute atomic E-state index is 0.422. The molecule has 0 atom stereocenters. The summed E-state index contributed by atoms with van der Waals surface area (Å²) in [7, 11) is 13.8. The number of halogens is 3. The number of hydrogen-bond donors (Lipinski definition) is 0. The second-order valence-corrected chi connectivity index (χ2v) is 11.9. The van der Waals surface area contributed by atoms with Crippen molar-refractivity contribution in [2.75, 3.05) is 18.5 Å². The molecular formula is C12H27Cl3CoP. The molecule has 0 saturated heterocycles. The van der Waals surface area contributed by atoms with E-state index in [1.165, 1.54) is 38.5 Å². The summed E-state index contributed by atoms with van der Waals surface area (Å²) in [5.41, 5.74) is 0. The second-order valence-electron chi connectivity index (χ2n) is 4.05. The molecule has 0 saturated carbocycles. The van der Waals surface area contributed by atoms with Gasteiger partial charge in [-0.3, -0.25) is 0 Å². The summed E-state index contributed by atoms with van der Waals surface area (Å²) in [4.78, 5) is 0. The third-order valence-electron chi connectivity index (χ3n) is 2.48. The fraction of sp³-hybridized carbons (Fsp3) is 1.00. The Morgan fingerprint density at radius 3 is 1.12 bits per heavy atom. The minimum atomic E-state index is -1.19. The van der Waals surface area contributed by atoms with Gasteiger partial charge in [0, 0.05) is 0 Å². The Morgan fingerprint density at radius 2 is 0.941 bits per heavy atom. The van der Waals surface area contributed by atoms with Crippen LogP contribution in [0.3, 0.4) is 0 Å². The van der Waals surface area contributed by atoms with Gasteiger partial charge in [-0.25, -0.2) is 0 Å². The van der Waals surface area contributed by atoms with Crippen LogP contribution in [0.2, 0.25) is 0 Å². The van der Waals surface area contributed by atoms with Crippen LogP contribution in [0.1, 0.15) is 59.3 Å². The van der Waals surface area contributed by atoms with Crippen LogP contribution in [0.5, 0.6) is 0 Å². The molecule has 0 aliphatic heterocycles. The van der Waals surface area contributed by atoms with E-state index < -0.39 is 10.9 Å². The van der Waals surface area contributed by atoms with Crippen molar-refractivity contribution in [3.05, 3.63) is 0 Å². The van der Waals surface area contributed by atoms with Crippen molar-refractivity contribution in [2.45, 2.75) is 59.3 Å². The van der Waals surface area contributed by atoms with Gasteiger partial charge in [-0.15, -0.1) is 7.92 Å². The van der Waals surface area contributed by atoms with Gasteiger partial charge in [0.2, 0.25) is 0 Å². The van der Waals surface area contributed by atoms with Gasteiger partial charge in [-0.1, -0.05) is 40.0 Å². The first-order valence-corrected chi connectivity index (χ1v) is 12.6. The summed E-state index contributed by atoms with van der Waals surface area (Å²) in [5.74, 6) is 0. The second kappa shape index (κ2) is 17.8. The van der Waals surface area contributed by atoms with Crippen molar-refractivity contribution >= 4 is 38.4 Å². The summed E-state index contributed by atoms with van der Waals surface area (Å²) in [6, 6.07) is 0. The van der Waals surface area contributed by atoms with Crippen LogP contribution in [0.15, 0.2) is 0 Å². The molecule has 0 bridgehead atoms. The molecule has 0 aromatic carbocycles. The van der Waals surface area contributed by atoms with E-state index in [0.29, 0.717) is 7.92 Å². The van der Waals surface area contributed by atoms with Crippen molar-refractivity contribution in [3.8, 4) is 0 Å². The topological polar surface area (TPSA) is 0 Å². The van der Waals surface area contributed by atoms with Gasteiger partial charge in [-0.2, -0.15) is 0 Å². The molecular weight excluding hydrogens is 340 g/mol. The molecule has 0 N–H and O–H groups in total. The molecule has 0 amide bonds. The third-order valence-corrected chi connectivity index (χ3v) is 5.33. The zero-order valence-corrected chi connectivity index (χ0v) is 15.5. The first kappa shape index (κ1) is 21.1. The molecule has 0 aliphatic carbocycles. The van der Waals surface area contributed by atoms with E-state index >= 15 is 0 Å². The summed E-state index contributed by atoms with van der Waals surface area (Å²) < 4.78 is 0. The first-order chi connectivity index (χ1) is 8.08. The number of unbranched alkanes of at least 4 members (excludes halogenated alkanes) is 3. The fourth-order valence-electron chi connectivity index (χ4n) is 1.48. The molecule has 0 fully saturated rings. The molecule has 0 spiro atoms. The molecule has 0 aliphatic rings.